The molecule has 1 aliphatic heterocycles. The molecule has 26 heavy (non-hydrogen) atoms. The van der Waals surface area contributed by atoms with Crippen molar-refractivity contribution in [1.82, 2.24) is 0 Å². The van der Waals surface area contributed by atoms with Gasteiger partial charge in [0, 0.05) is 11.8 Å². The van der Waals surface area contributed by atoms with E-state index in [4.69, 9.17) is 9.47 Å². The first-order chi connectivity index (χ1) is 12.6. The fourth-order valence-corrected chi connectivity index (χ4v) is 3.89. The molecule has 4 heteroatoms. The Bertz CT molecular complexity index is 660. The second-order valence-corrected chi connectivity index (χ2v) is 7.25. The second kappa shape index (κ2) is 8.92. The van der Waals surface area contributed by atoms with Crippen LogP contribution in [0.3, 0.4) is 0 Å². The van der Waals surface area contributed by atoms with Gasteiger partial charge in [0.1, 0.15) is 0 Å². The first kappa shape index (κ1) is 19.2. The van der Waals surface area contributed by atoms with Gasteiger partial charge in [-0.1, -0.05) is 43.7 Å². The number of halogens is 2. The van der Waals surface area contributed by atoms with Gasteiger partial charge in [0.15, 0.2) is 17.9 Å². The topological polar surface area (TPSA) is 18.5 Å². The predicted molar refractivity (Wildman–Crippen MR) is 99.1 cm³/mol. The van der Waals surface area contributed by atoms with Gasteiger partial charge in [-0.2, -0.15) is 0 Å². The molecule has 1 aliphatic carbocycles. The van der Waals surface area contributed by atoms with Crippen LogP contribution in [0.5, 0.6) is 0 Å². The Morgan fingerprint density at radius 2 is 1.73 bits per heavy atom. The minimum Gasteiger partial charge on any atom is -0.348 e. The Labute approximate surface area is 154 Å². The average Bonchev–Trinajstić information content (AvgIpc) is 2.66. The van der Waals surface area contributed by atoms with E-state index in [1.165, 1.54) is 0 Å². The maximum absolute atomic E-state index is 14.7. The molecule has 1 aromatic carbocycles. The molecule has 1 aromatic rings. The molecule has 1 saturated heterocycles. The van der Waals surface area contributed by atoms with Crippen LogP contribution in [0.2, 0.25) is 0 Å². The fourth-order valence-electron chi connectivity index (χ4n) is 3.89. The molecule has 0 N–H and O–H groups in total. The summed E-state index contributed by atoms with van der Waals surface area (Å²) in [7, 11) is 0. The summed E-state index contributed by atoms with van der Waals surface area (Å²) < 4.78 is 40.6. The number of benzene rings is 1. The lowest BCUT2D eigenvalue weighted by atomic mass is 9.82. The van der Waals surface area contributed by atoms with Gasteiger partial charge in [-0.3, -0.25) is 0 Å². The van der Waals surface area contributed by atoms with Crippen molar-refractivity contribution in [2.24, 2.45) is 5.92 Å². The van der Waals surface area contributed by atoms with Crippen LogP contribution in [0.15, 0.2) is 36.4 Å². The van der Waals surface area contributed by atoms with Crippen molar-refractivity contribution in [2.75, 3.05) is 13.2 Å². The molecule has 1 heterocycles. The van der Waals surface area contributed by atoms with Crippen LogP contribution in [0.1, 0.15) is 62.5 Å². The van der Waals surface area contributed by atoms with Crippen LogP contribution >= 0.6 is 0 Å². The zero-order chi connectivity index (χ0) is 18.5. The Morgan fingerprint density at radius 1 is 1.04 bits per heavy atom. The van der Waals surface area contributed by atoms with Crippen LogP contribution < -0.4 is 0 Å². The van der Waals surface area contributed by atoms with Crippen molar-refractivity contribution in [3.63, 3.8) is 0 Å². The van der Waals surface area contributed by atoms with E-state index >= 15 is 0 Å². The molecule has 0 saturated carbocycles. The minimum atomic E-state index is -0.756. The van der Waals surface area contributed by atoms with Gasteiger partial charge < -0.3 is 9.47 Å². The van der Waals surface area contributed by atoms with Gasteiger partial charge in [0.25, 0.3) is 0 Å². The molecule has 0 amide bonds. The SMILES string of the molecule is CC=CC1OCC(c2ccc(C3C=CC(CCC)CC3)c(F)c2F)CO1. The third-order valence-corrected chi connectivity index (χ3v) is 5.38. The maximum atomic E-state index is 14.7. The number of ether oxygens (including phenoxy) is 2. The molecule has 142 valence electrons. The van der Waals surface area contributed by atoms with Gasteiger partial charge in [-0.05, 0) is 49.3 Å². The fraction of sp³-hybridized carbons (Fsp3) is 0.545. The highest BCUT2D eigenvalue weighted by Crippen LogP contribution is 2.36. The van der Waals surface area contributed by atoms with Crippen LogP contribution in [-0.4, -0.2) is 19.5 Å². The van der Waals surface area contributed by atoms with Crippen molar-refractivity contribution in [2.45, 2.75) is 57.7 Å². The number of hydrogen-bond acceptors (Lipinski definition) is 2. The second-order valence-electron chi connectivity index (χ2n) is 7.25. The third-order valence-electron chi connectivity index (χ3n) is 5.38. The Hall–Kier alpha value is -1.52. The van der Waals surface area contributed by atoms with Gasteiger partial charge >= 0.3 is 0 Å². The van der Waals surface area contributed by atoms with Crippen molar-refractivity contribution in [1.29, 1.82) is 0 Å². The number of rotatable bonds is 5. The Balaban J connectivity index is 1.72. The van der Waals surface area contributed by atoms with Crippen molar-refractivity contribution in [3.05, 3.63) is 59.2 Å². The summed E-state index contributed by atoms with van der Waals surface area (Å²) in [6, 6.07) is 3.44. The summed E-state index contributed by atoms with van der Waals surface area (Å²) >= 11 is 0. The highest BCUT2D eigenvalue weighted by Gasteiger charge is 2.28. The molecule has 0 spiro atoms. The molecule has 2 atom stereocenters. The highest BCUT2D eigenvalue weighted by molar-refractivity contribution is 5.34. The van der Waals surface area contributed by atoms with E-state index in [2.05, 4.69) is 19.1 Å². The summed E-state index contributed by atoms with van der Waals surface area (Å²) in [6.07, 6.45) is 11.7. The maximum Gasteiger partial charge on any atom is 0.176 e. The van der Waals surface area contributed by atoms with E-state index in [0.29, 0.717) is 30.3 Å². The van der Waals surface area contributed by atoms with Gasteiger partial charge in [-0.15, -0.1) is 0 Å². The molecular weight excluding hydrogens is 334 g/mol. The lowest BCUT2D eigenvalue weighted by Crippen LogP contribution is -2.30. The summed E-state index contributed by atoms with van der Waals surface area (Å²) in [5.41, 5.74) is 0.802. The quantitative estimate of drug-likeness (QED) is 0.612. The van der Waals surface area contributed by atoms with Crippen molar-refractivity contribution < 1.29 is 18.3 Å². The minimum absolute atomic E-state index is 0.0374. The normalized spacial score (nSPS) is 29.4. The van der Waals surface area contributed by atoms with E-state index in [0.717, 1.165) is 25.7 Å². The first-order valence-corrected chi connectivity index (χ1v) is 9.66. The van der Waals surface area contributed by atoms with Crippen molar-refractivity contribution in [3.8, 4) is 0 Å². The monoisotopic (exact) mass is 362 g/mol. The molecule has 0 aromatic heterocycles. The lowest BCUT2D eigenvalue weighted by molar-refractivity contribution is -0.159. The highest BCUT2D eigenvalue weighted by atomic mass is 19.2. The van der Waals surface area contributed by atoms with Gasteiger partial charge in [0.05, 0.1) is 13.2 Å². The molecule has 2 nitrogen and oxygen atoms in total. The average molecular weight is 362 g/mol. The van der Waals surface area contributed by atoms with Crippen LogP contribution in [0.4, 0.5) is 8.78 Å². The largest absolute Gasteiger partial charge is 0.348 e. The smallest absolute Gasteiger partial charge is 0.176 e. The van der Waals surface area contributed by atoms with Crippen LogP contribution in [0, 0.1) is 17.6 Å². The van der Waals surface area contributed by atoms with E-state index in [-0.39, 0.29) is 11.8 Å². The van der Waals surface area contributed by atoms with Gasteiger partial charge in [0.2, 0.25) is 0 Å². The predicted octanol–water partition coefficient (Wildman–Crippen LogP) is 5.85. The molecule has 2 aliphatic rings. The zero-order valence-corrected chi connectivity index (χ0v) is 15.6. The molecule has 1 fully saturated rings. The Kier molecular flexibility index (Phi) is 6.60. The number of allylic oxidation sites excluding steroid dienone is 3. The molecule has 2 unspecified atom stereocenters. The molecule has 3 rings (SSSR count). The lowest BCUT2D eigenvalue weighted by Gasteiger charge is -2.29. The van der Waals surface area contributed by atoms with Crippen LogP contribution in [-0.2, 0) is 9.47 Å². The summed E-state index contributed by atoms with van der Waals surface area (Å²) in [5, 5.41) is 0. The molecule has 0 bridgehead atoms. The summed E-state index contributed by atoms with van der Waals surface area (Å²) in [5.74, 6) is -1.22. The molecular formula is C22H28F2O2. The van der Waals surface area contributed by atoms with E-state index in [9.17, 15) is 8.78 Å². The summed E-state index contributed by atoms with van der Waals surface area (Å²) in [4.78, 5) is 0. The number of hydrogen-bond donors (Lipinski definition) is 0. The van der Waals surface area contributed by atoms with Crippen molar-refractivity contribution >= 4 is 0 Å². The summed E-state index contributed by atoms with van der Waals surface area (Å²) in [6.45, 7) is 4.71. The van der Waals surface area contributed by atoms with Crippen LogP contribution in [0.25, 0.3) is 0 Å². The third kappa shape index (κ3) is 4.24. The molecule has 0 radical (unpaired) electrons. The zero-order valence-electron chi connectivity index (χ0n) is 15.6. The van der Waals surface area contributed by atoms with E-state index in [1.807, 2.05) is 13.0 Å². The van der Waals surface area contributed by atoms with Gasteiger partial charge in [-0.25, -0.2) is 8.78 Å². The standard InChI is InChI=1S/C22H28F2O2/c1-3-5-15-7-9-16(10-8-15)18-11-12-19(22(24)21(18)23)17-13-25-20(6-4-2)26-14-17/h4,6-7,9,11-12,15-17,20H,3,5,8,10,13-14H2,1-2H3. The first-order valence-electron chi connectivity index (χ1n) is 9.66. The Morgan fingerprint density at radius 3 is 2.35 bits per heavy atom. The van der Waals surface area contributed by atoms with E-state index in [1.54, 1.807) is 18.2 Å². The van der Waals surface area contributed by atoms with E-state index < -0.39 is 17.9 Å².